The Morgan fingerprint density at radius 2 is 2.10 bits per heavy atom. The Kier molecular flexibility index (Phi) is 4.36. The van der Waals surface area contributed by atoms with Crippen molar-refractivity contribution in [3.05, 3.63) is 36.1 Å². The van der Waals surface area contributed by atoms with Crippen LogP contribution in [0.3, 0.4) is 0 Å². The predicted octanol–water partition coefficient (Wildman–Crippen LogP) is 3.12. The number of fused-ring (bicyclic) bond motifs is 1. The van der Waals surface area contributed by atoms with E-state index in [2.05, 4.69) is 4.90 Å². The van der Waals surface area contributed by atoms with Gasteiger partial charge in [-0.05, 0) is 25.8 Å². The fourth-order valence-electron chi connectivity index (χ4n) is 2.95. The van der Waals surface area contributed by atoms with Gasteiger partial charge in [-0.2, -0.15) is 0 Å². The van der Waals surface area contributed by atoms with E-state index in [4.69, 9.17) is 9.15 Å². The third-order valence-corrected chi connectivity index (χ3v) is 4.09. The molecule has 3 rings (SSSR count). The number of benzene rings is 1. The van der Waals surface area contributed by atoms with Gasteiger partial charge in [0.15, 0.2) is 5.78 Å². The summed E-state index contributed by atoms with van der Waals surface area (Å²) in [6.07, 6.45) is 3.96. The number of carbonyl (C=O) groups is 1. The van der Waals surface area contributed by atoms with Crippen LogP contribution >= 0.6 is 0 Å². The van der Waals surface area contributed by atoms with Gasteiger partial charge >= 0.3 is 0 Å². The Morgan fingerprint density at radius 1 is 1.33 bits per heavy atom. The van der Waals surface area contributed by atoms with Crippen LogP contribution in [0.4, 0.5) is 0 Å². The third kappa shape index (κ3) is 3.17. The summed E-state index contributed by atoms with van der Waals surface area (Å²) >= 11 is 0. The lowest BCUT2D eigenvalue weighted by molar-refractivity contribution is 0.0147. The molecule has 2 heterocycles. The number of ether oxygens (including phenoxy) is 1. The number of para-hydroxylation sites is 1. The van der Waals surface area contributed by atoms with Gasteiger partial charge in [-0.15, -0.1) is 0 Å². The fourth-order valence-corrected chi connectivity index (χ4v) is 2.95. The van der Waals surface area contributed by atoms with Gasteiger partial charge in [0.25, 0.3) is 0 Å². The summed E-state index contributed by atoms with van der Waals surface area (Å²) in [5, 5.41) is 0.909. The molecule has 112 valence electrons. The van der Waals surface area contributed by atoms with E-state index >= 15 is 0 Å². The second-order valence-electron chi connectivity index (χ2n) is 5.50. The Morgan fingerprint density at radius 3 is 2.86 bits per heavy atom. The summed E-state index contributed by atoms with van der Waals surface area (Å²) in [7, 11) is 0. The molecule has 0 atom stereocenters. The van der Waals surface area contributed by atoms with Gasteiger partial charge in [0.1, 0.15) is 11.8 Å². The maximum absolute atomic E-state index is 12.5. The van der Waals surface area contributed by atoms with E-state index in [0.29, 0.717) is 18.2 Å². The predicted molar refractivity (Wildman–Crippen MR) is 81.6 cm³/mol. The van der Waals surface area contributed by atoms with Crippen molar-refractivity contribution in [2.75, 3.05) is 26.2 Å². The molecule has 0 radical (unpaired) electrons. The summed E-state index contributed by atoms with van der Waals surface area (Å²) in [4.78, 5) is 14.7. The van der Waals surface area contributed by atoms with E-state index in [1.54, 1.807) is 6.26 Å². The number of likely N-dealkylation sites (tertiary alicyclic amines) is 1. The number of Topliss-reactive ketones (excluding diaryl/α,β-unsaturated/α-hetero) is 1. The number of furan rings is 1. The fraction of sp³-hybridized carbons (Fsp3) is 0.471. The summed E-state index contributed by atoms with van der Waals surface area (Å²) in [6.45, 7) is 5.10. The molecule has 0 unspecified atom stereocenters. The molecule has 1 fully saturated rings. The van der Waals surface area contributed by atoms with Crippen molar-refractivity contribution in [3.8, 4) is 0 Å². The van der Waals surface area contributed by atoms with Crippen LogP contribution in [0.25, 0.3) is 11.0 Å². The van der Waals surface area contributed by atoms with Gasteiger partial charge in [-0.3, -0.25) is 9.69 Å². The lowest BCUT2D eigenvalue weighted by atomic mass is 10.1. The minimum atomic E-state index is 0.134. The largest absolute Gasteiger partial charge is 0.464 e. The standard InChI is InChI=1S/C17H21NO3/c1-2-20-13-7-9-18(10-8-13)11-16(19)15-12-21-17-6-4-3-5-14(15)17/h3-6,12-13H,2,7-11H2,1H3. The molecule has 1 saturated heterocycles. The van der Waals surface area contributed by atoms with Crippen LogP contribution in [0, 0.1) is 0 Å². The average molecular weight is 287 g/mol. The van der Waals surface area contributed by atoms with E-state index in [1.807, 2.05) is 31.2 Å². The first kappa shape index (κ1) is 14.3. The van der Waals surface area contributed by atoms with Crippen LogP contribution in [0.15, 0.2) is 34.9 Å². The normalized spacial score (nSPS) is 17.4. The molecular formula is C17H21NO3. The Bertz CT molecular complexity index is 611. The molecule has 0 spiro atoms. The van der Waals surface area contributed by atoms with E-state index in [9.17, 15) is 4.79 Å². The van der Waals surface area contributed by atoms with Crippen molar-refractivity contribution in [3.63, 3.8) is 0 Å². The van der Waals surface area contributed by atoms with Crippen LogP contribution < -0.4 is 0 Å². The number of carbonyl (C=O) groups excluding carboxylic acids is 1. The zero-order chi connectivity index (χ0) is 14.7. The lowest BCUT2D eigenvalue weighted by Gasteiger charge is -2.31. The minimum absolute atomic E-state index is 0.134. The molecule has 0 N–H and O–H groups in total. The van der Waals surface area contributed by atoms with Crippen molar-refractivity contribution >= 4 is 16.8 Å². The lowest BCUT2D eigenvalue weighted by Crippen LogP contribution is -2.39. The number of piperidine rings is 1. The average Bonchev–Trinajstić information content (AvgIpc) is 2.93. The number of hydrogen-bond acceptors (Lipinski definition) is 4. The van der Waals surface area contributed by atoms with Gasteiger partial charge in [0.05, 0.1) is 18.2 Å². The molecular weight excluding hydrogens is 266 g/mol. The molecule has 1 aromatic heterocycles. The van der Waals surface area contributed by atoms with Crippen LogP contribution in [0.1, 0.15) is 30.1 Å². The van der Waals surface area contributed by atoms with E-state index in [-0.39, 0.29) is 5.78 Å². The van der Waals surface area contributed by atoms with Crippen LogP contribution in [0.5, 0.6) is 0 Å². The smallest absolute Gasteiger partial charge is 0.180 e. The van der Waals surface area contributed by atoms with Crippen LogP contribution in [-0.2, 0) is 4.74 Å². The van der Waals surface area contributed by atoms with Crippen LogP contribution in [0.2, 0.25) is 0 Å². The molecule has 4 nitrogen and oxygen atoms in total. The van der Waals surface area contributed by atoms with Crippen molar-refractivity contribution in [2.24, 2.45) is 0 Å². The third-order valence-electron chi connectivity index (χ3n) is 4.09. The molecule has 1 aromatic carbocycles. The topological polar surface area (TPSA) is 42.7 Å². The van der Waals surface area contributed by atoms with Gasteiger partial charge in [0, 0.05) is 25.1 Å². The zero-order valence-electron chi connectivity index (χ0n) is 12.4. The maximum Gasteiger partial charge on any atom is 0.180 e. The molecule has 4 heteroatoms. The van der Waals surface area contributed by atoms with Crippen molar-refractivity contribution in [1.29, 1.82) is 0 Å². The Hall–Kier alpha value is -1.65. The summed E-state index contributed by atoms with van der Waals surface area (Å²) in [5.41, 5.74) is 1.47. The van der Waals surface area contributed by atoms with Gasteiger partial charge < -0.3 is 9.15 Å². The minimum Gasteiger partial charge on any atom is -0.464 e. The van der Waals surface area contributed by atoms with Crippen molar-refractivity contribution in [2.45, 2.75) is 25.9 Å². The highest BCUT2D eigenvalue weighted by Crippen LogP contribution is 2.22. The van der Waals surface area contributed by atoms with E-state index in [0.717, 1.165) is 43.5 Å². The van der Waals surface area contributed by atoms with Gasteiger partial charge in [-0.1, -0.05) is 18.2 Å². The van der Waals surface area contributed by atoms with Gasteiger partial charge in [-0.25, -0.2) is 0 Å². The molecule has 1 aliphatic rings. The quantitative estimate of drug-likeness (QED) is 0.792. The number of ketones is 1. The molecule has 1 aliphatic heterocycles. The van der Waals surface area contributed by atoms with E-state index < -0.39 is 0 Å². The Balaban J connectivity index is 1.62. The highest BCUT2D eigenvalue weighted by atomic mass is 16.5. The first-order chi connectivity index (χ1) is 10.3. The highest BCUT2D eigenvalue weighted by Gasteiger charge is 2.22. The van der Waals surface area contributed by atoms with Gasteiger partial charge in [0.2, 0.25) is 0 Å². The summed E-state index contributed by atoms with van der Waals surface area (Å²) in [6, 6.07) is 7.67. The molecule has 21 heavy (non-hydrogen) atoms. The zero-order valence-corrected chi connectivity index (χ0v) is 12.4. The van der Waals surface area contributed by atoms with Crippen LogP contribution in [-0.4, -0.2) is 43.0 Å². The molecule has 0 saturated carbocycles. The Labute approximate surface area is 124 Å². The monoisotopic (exact) mass is 287 g/mol. The second-order valence-corrected chi connectivity index (χ2v) is 5.50. The number of rotatable bonds is 5. The first-order valence-electron chi connectivity index (χ1n) is 7.61. The summed E-state index contributed by atoms with van der Waals surface area (Å²) < 4.78 is 11.1. The summed E-state index contributed by atoms with van der Waals surface area (Å²) in [5.74, 6) is 0.134. The molecule has 0 aliphatic carbocycles. The molecule has 0 amide bonds. The maximum atomic E-state index is 12.5. The first-order valence-corrected chi connectivity index (χ1v) is 7.61. The SMILES string of the molecule is CCOC1CCN(CC(=O)c2coc3ccccc23)CC1. The molecule has 0 bridgehead atoms. The number of nitrogens with zero attached hydrogens (tertiary/aromatic N) is 1. The van der Waals surface area contributed by atoms with Crippen molar-refractivity contribution < 1.29 is 13.9 Å². The van der Waals surface area contributed by atoms with E-state index in [1.165, 1.54) is 0 Å². The number of hydrogen-bond donors (Lipinski definition) is 0. The molecule has 2 aromatic rings. The highest BCUT2D eigenvalue weighted by molar-refractivity contribution is 6.08. The second kappa shape index (κ2) is 6.41. The van der Waals surface area contributed by atoms with Crippen molar-refractivity contribution in [1.82, 2.24) is 4.90 Å².